The van der Waals surface area contributed by atoms with Crippen LogP contribution in [0.5, 0.6) is 0 Å². The lowest BCUT2D eigenvalue weighted by molar-refractivity contribution is 0.148. The standard InChI is InChI=1S/C12H26N2OS/c1-5-14(9-10-15-4)8-6-7-12(2,3)11(13)16/h5-10H2,1-4H3,(H2,13,16). The second kappa shape index (κ2) is 7.98. The van der Waals surface area contributed by atoms with Gasteiger partial charge in [-0.1, -0.05) is 33.0 Å². The number of nitrogens with zero attached hydrogens (tertiary/aromatic N) is 1. The van der Waals surface area contributed by atoms with Crippen LogP contribution in [0.15, 0.2) is 0 Å². The molecule has 0 bridgehead atoms. The number of nitrogens with two attached hydrogens (primary N) is 1. The Hall–Kier alpha value is -0.190. The van der Waals surface area contributed by atoms with Gasteiger partial charge in [0.05, 0.1) is 11.6 Å². The van der Waals surface area contributed by atoms with E-state index in [1.807, 2.05) is 0 Å². The van der Waals surface area contributed by atoms with E-state index < -0.39 is 0 Å². The number of hydrogen-bond donors (Lipinski definition) is 1. The van der Waals surface area contributed by atoms with E-state index >= 15 is 0 Å². The molecule has 0 spiro atoms. The van der Waals surface area contributed by atoms with Crippen molar-refractivity contribution in [3.8, 4) is 0 Å². The summed E-state index contributed by atoms with van der Waals surface area (Å²) < 4.78 is 5.08. The van der Waals surface area contributed by atoms with Crippen LogP contribution in [0.1, 0.15) is 33.6 Å². The van der Waals surface area contributed by atoms with Crippen molar-refractivity contribution < 1.29 is 4.74 Å². The summed E-state index contributed by atoms with van der Waals surface area (Å²) in [5, 5.41) is 0. The van der Waals surface area contributed by atoms with Gasteiger partial charge >= 0.3 is 0 Å². The Kier molecular flexibility index (Phi) is 7.89. The number of ether oxygens (including phenoxy) is 1. The Bertz CT molecular complexity index is 207. The Labute approximate surface area is 105 Å². The molecule has 0 saturated carbocycles. The van der Waals surface area contributed by atoms with Crippen molar-refractivity contribution in [3.63, 3.8) is 0 Å². The zero-order chi connectivity index (χ0) is 12.6. The molecule has 0 unspecified atom stereocenters. The largest absolute Gasteiger partial charge is 0.393 e. The average molecular weight is 246 g/mol. The SMILES string of the molecule is CCN(CCCC(C)(C)C(N)=S)CCOC. The lowest BCUT2D eigenvalue weighted by Gasteiger charge is -2.25. The van der Waals surface area contributed by atoms with Crippen molar-refractivity contribution in [2.75, 3.05) is 33.4 Å². The molecule has 0 fully saturated rings. The first-order valence-corrected chi connectivity index (χ1v) is 6.36. The predicted octanol–water partition coefficient (Wildman–Crippen LogP) is 2.05. The Morgan fingerprint density at radius 1 is 1.38 bits per heavy atom. The van der Waals surface area contributed by atoms with Gasteiger partial charge in [0.2, 0.25) is 0 Å². The summed E-state index contributed by atoms with van der Waals surface area (Å²) in [5.41, 5.74) is 5.68. The molecule has 0 heterocycles. The van der Waals surface area contributed by atoms with Crippen LogP contribution in [0.3, 0.4) is 0 Å². The van der Waals surface area contributed by atoms with E-state index in [0.717, 1.165) is 39.1 Å². The van der Waals surface area contributed by atoms with E-state index in [-0.39, 0.29) is 5.41 Å². The lowest BCUT2D eigenvalue weighted by atomic mass is 9.88. The van der Waals surface area contributed by atoms with E-state index in [0.29, 0.717) is 4.99 Å². The highest BCUT2D eigenvalue weighted by molar-refractivity contribution is 7.80. The highest BCUT2D eigenvalue weighted by Gasteiger charge is 2.20. The Morgan fingerprint density at radius 3 is 2.44 bits per heavy atom. The van der Waals surface area contributed by atoms with Crippen molar-refractivity contribution in [2.45, 2.75) is 33.6 Å². The molecule has 0 radical (unpaired) electrons. The molecule has 0 aliphatic heterocycles. The molecule has 0 atom stereocenters. The monoisotopic (exact) mass is 246 g/mol. The Morgan fingerprint density at radius 2 is 2.00 bits per heavy atom. The van der Waals surface area contributed by atoms with Gasteiger partial charge in [0, 0.05) is 19.1 Å². The minimum atomic E-state index is -0.0179. The first-order chi connectivity index (χ1) is 7.44. The number of rotatable bonds is 9. The molecule has 0 aliphatic carbocycles. The van der Waals surface area contributed by atoms with Crippen LogP contribution in [0, 0.1) is 5.41 Å². The van der Waals surface area contributed by atoms with E-state index in [1.165, 1.54) is 0 Å². The second-order valence-corrected chi connectivity index (χ2v) is 5.22. The molecule has 96 valence electrons. The van der Waals surface area contributed by atoms with E-state index in [4.69, 9.17) is 22.7 Å². The van der Waals surface area contributed by atoms with Gasteiger partial charge in [0.15, 0.2) is 0 Å². The van der Waals surface area contributed by atoms with Gasteiger partial charge in [-0.05, 0) is 25.9 Å². The number of thiocarbonyl (C=S) groups is 1. The van der Waals surface area contributed by atoms with Crippen molar-refractivity contribution in [2.24, 2.45) is 11.1 Å². The maximum atomic E-state index is 5.70. The zero-order valence-corrected chi connectivity index (χ0v) is 11.9. The lowest BCUT2D eigenvalue weighted by Crippen LogP contribution is -2.32. The van der Waals surface area contributed by atoms with Gasteiger partial charge in [-0.15, -0.1) is 0 Å². The summed E-state index contributed by atoms with van der Waals surface area (Å²) in [6.07, 6.45) is 2.17. The summed E-state index contributed by atoms with van der Waals surface area (Å²) in [4.78, 5) is 3.01. The maximum Gasteiger partial charge on any atom is 0.0784 e. The molecule has 0 aliphatic rings. The third kappa shape index (κ3) is 6.40. The summed E-state index contributed by atoms with van der Waals surface area (Å²) >= 11 is 5.05. The summed E-state index contributed by atoms with van der Waals surface area (Å²) in [7, 11) is 1.74. The molecular weight excluding hydrogens is 220 g/mol. The van der Waals surface area contributed by atoms with Gasteiger partial charge in [0.1, 0.15) is 0 Å². The molecule has 4 heteroatoms. The number of hydrogen-bond acceptors (Lipinski definition) is 3. The van der Waals surface area contributed by atoms with Crippen molar-refractivity contribution in [1.82, 2.24) is 4.90 Å². The maximum absolute atomic E-state index is 5.70. The third-order valence-electron chi connectivity index (χ3n) is 3.00. The van der Waals surface area contributed by atoms with Crippen LogP contribution in [0.4, 0.5) is 0 Å². The predicted molar refractivity (Wildman–Crippen MR) is 73.8 cm³/mol. The smallest absolute Gasteiger partial charge is 0.0784 e. The summed E-state index contributed by atoms with van der Waals surface area (Å²) in [6.45, 7) is 10.4. The quantitative estimate of drug-likeness (QED) is 0.632. The normalized spacial score (nSPS) is 12.1. The highest BCUT2D eigenvalue weighted by Crippen LogP contribution is 2.22. The first kappa shape index (κ1) is 15.8. The fraction of sp³-hybridized carbons (Fsp3) is 0.917. The third-order valence-corrected chi connectivity index (χ3v) is 3.55. The molecule has 3 nitrogen and oxygen atoms in total. The molecule has 0 amide bonds. The van der Waals surface area contributed by atoms with Crippen LogP contribution < -0.4 is 5.73 Å². The van der Waals surface area contributed by atoms with Gasteiger partial charge in [0.25, 0.3) is 0 Å². The minimum absolute atomic E-state index is 0.0179. The van der Waals surface area contributed by atoms with Crippen LogP contribution in [-0.4, -0.2) is 43.2 Å². The first-order valence-electron chi connectivity index (χ1n) is 5.95. The molecular formula is C12H26N2OS. The molecule has 16 heavy (non-hydrogen) atoms. The molecule has 0 aromatic rings. The van der Waals surface area contributed by atoms with Crippen LogP contribution in [0.25, 0.3) is 0 Å². The van der Waals surface area contributed by atoms with Crippen LogP contribution in [-0.2, 0) is 4.74 Å². The zero-order valence-electron chi connectivity index (χ0n) is 11.1. The average Bonchev–Trinajstić information content (AvgIpc) is 2.22. The van der Waals surface area contributed by atoms with Crippen molar-refractivity contribution in [1.29, 1.82) is 0 Å². The summed E-state index contributed by atoms with van der Waals surface area (Å²) in [5.74, 6) is 0. The van der Waals surface area contributed by atoms with Crippen molar-refractivity contribution in [3.05, 3.63) is 0 Å². The van der Waals surface area contributed by atoms with E-state index in [2.05, 4.69) is 25.7 Å². The minimum Gasteiger partial charge on any atom is -0.393 e. The van der Waals surface area contributed by atoms with E-state index in [1.54, 1.807) is 7.11 Å². The van der Waals surface area contributed by atoms with Crippen LogP contribution in [0.2, 0.25) is 0 Å². The number of likely N-dealkylation sites (N-methyl/N-ethyl adjacent to an activating group) is 1. The van der Waals surface area contributed by atoms with Gasteiger partial charge in [-0.3, -0.25) is 0 Å². The van der Waals surface area contributed by atoms with Gasteiger partial charge < -0.3 is 15.4 Å². The molecule has 0 saturated heterocycles. The van der Waals surface area contributed by atoms with E-state index in [9.17, 15) is 0 Å². The van der Waals surface area contributed by atoms with Crippen LogP contribution >= 0.6 is 12.2 Å². The van der Waals surface area contributed by atoms with Gasteiger partial charge in [-0.2, -0.15) is 0 Å². The fourth-order valence-electron chi connectivity index (χ4n) is 1.52. The fourth-order valence-corrected chi connectivity index (χ4v) is 1.62. The second-order valence-electron chi connectivity index (χ2n) is 4.78. The molecule has 2 N–H and O–H groups in total. The molecule has 0 aromatic heterocycles. The Balaban J connectivity index is 3.81. The topological polar surface area (TPSA) is 38.5 Å². The van der Waals surface area contributed by atoms with Crippen molar-refractivity contribution >= 4 is 17.2 Å². The highest BCUT2D eigenvalue weighted by atomic mass is 32.1. The molecule has 0 aromatic carbocycles. The van der Waals surface area contributed by atoms with Gasteiger partial charge in [-0.25, -0.2) is 0 Å². The summed E-state index contributed by atoms with van der Waals surface area (Å²) in [6, 6.07) is 0. The number of methoxy groups -OCH3 is 1. The molecule has 0 rings (SSSR count).